The minimum absolute atomic E-state index is 0.109. The van der Waals surface area contributed by atoms with Crippen LogP contribution in [0.1, 0.15) is 31.7 Å². The molecular weight excluding hydrogens is 257 g/mol. The molecule has 0 aliphatic carbocycles. The van der Waals surface area contributed by atoms with Crippen LogP contribution in [0.25, 0.3) is 0 Å². The van der Waals surface area contributed by atoms with E-state index >= 15 is 0 Å². The van der Waals surface area contributed by atoms with Crippen LogP contribution in [0, 0.1) is 5.82 Å². The van der Waals surface area contributed by atoms with E-state index in [1.165, 1.54) is 6.07 Å². The Balaban J connectivity index is 2.64. The average Bonchev–Trinajstić information content (AvgIpc) is 2.22. The van der Waals surface area contributed by atoms with Crippen molar-refractivity contribution in [1.82, 2.24) is 5.32 Å². The highest BCUT2D eigenvalue weighted by atomic mass is 79.9. The number of halogens is 2. The first-order valence-corrected chi connectivity index (χ1v) is 6.10. The summed E-state index contributed by atoms with van der Waals surface area (Å²) in [4.78, 5) is 0. The third kappa shape index (κ3) is 3.92. The van der Waals surface area contributed by atoms with Crippen LogP contribution in [0.4, 0.5) is 4.39 Å². The van der Waals surface area contributed by atoms with Gasteiger partial charge in [0.2, 0.25) is 0 Å². The van der Waals surface area contributed by atoms with Crippen molar-refractivity contribution in [1.29, 1.82) is 0 Å². The first kappa shape index (κ1) is 12.7. The van der Waals surface area contributed by atoms with E-state index in [1.807, 2.05) is 6.07 Å². The smallest absolute Gasteiger partial charge is 0.126 e. The summed E-state index contributed by atoms with van der Waals surface area (Å²) in [5.41, 5.74) is 0.794. The van der Waals surface area contributed by atoms with Crippen molar-refractivity contribution in [2.45, 2.75) is 26.2 Å². The minimum atomic E-state index is -0.109. The Labute approximate surface area is 99.2 Å². The molecule has 0 fully saturated rings. The molecule has 0 amide bonds. The van der Waals surface area contributed by atoms with E-state index in [9.17, 15) is 4.39 Å². The standard InChI is InChI=1S/C12H17BrFN/c1-3-15-7-6-9(2)11-8-10(13)4-5-12(11)14/h4-5,8-9,15H,3,6-7H2,1-2H3. The molecule has 1 atom stereocenters. The van der Waals surface area contributed by atoms with E-state index in [0.717, 1.165) is 29.5 Å². The van der Waals surface area contributed by atoms with Crippen molar-refractivity contribution in [3.8, 4) is 0 Å². The SMILES string of the molecule is CCNCCC(C)c1cc(Br)ccc1F. The molecule has 0 saturated heterocycles. The molecule has 0 aliphatic heterocycles. The fourth-order valence-corrected chi connectivity index (χ4v) is 1.92. The van der Waals surface area contributed by atoms with Crippen molar-refractivity contribution < 1.29 is 4.39 Å². The second-order valence-corrected chi connectivity index (χ2v) is 4.62. The maximum atomic E-state index is 13.5. The van der Waals surface area contributed by atoms with Gasteiger partial charge in [0, 0.05) is 4.47 Å². The Hall–Kier alpha value is -0.410. The van der Waals surface area contributed by atoms with E-state index in [1.54, 1.807) is 6.07 Å². The van der Waals surface area contributed by atoms with Crippen LogP contribution in [-0.2, 0) is 0 Å². The summed E-state index contributed by atoms with van der Waals surface area (Å²) in [5.74, 6) is 0.142. The second kappa shape index (κ2) is 6.23. The van der Waals surface area contributed by atoms with Gasteiger partial charge in [-0.05, 0) is 49.2 Å². The Morgan fingerprint density at radius 1 is 1.47 bits per heavy atom. The third-order valence-electron chi connectivity index (χ3n) is 2.49. The van der Waals surface area contributed by atoms with Gasteiger partial charge in [-0.1, -0.05) is 29.8 Å². The predicted octanol–water partition coefficient (Wildman–Crippen LogP) is 3.69. The zero-order valence-corrected chi connectivity index (χ0v) is 10.8. The minimum Gasteiger partial charge on any atom is -0.317 e. The van der Waals surface area contributed by atoms with Gasteiger partial charge in [-0.25, -0.2) is 4.39 Å². The van der Waals surface area contributed by atoms with Crippen LogP contribution in [0.15, 0.2) is 22.7 Å². The zero-order chi connectivity index (χ0) is 11.3. The quantitative estimate of drug-likeness (QED) is 0.807. The van der Waals surface area contributed by atoms with E-state index < -0.39 is 0 Å². The molecule has 84 valence electrons. The molecule has 0 heterocycles. The van der Waals surface area contributed by atoms with Gasteiger partial charge in [-0.3, -0.25) is 0 Å². The van der Waals surface area contributed by atoms with Gasteiger partial charge in [0.05, 0.1) is 0 Å². The first-order valence-electron chi connectivity index (χ1n) is 5.30. The highest BCUT2D eigenvalue weighted by molar-refractivity contribution is 9.10. The lowest BCUT2D eigenvalue weighted by Crippen LogP contribution is -2.16. The molecule has 1 unspecified atom stereocenters. The van der Waals surface area contributed by atoms with Crippen LogP contribution in [0.2, 0.25) is 0 Å². The lowest BCUT2D eigenvalue weighted by molar-refractivity contribution is 0.557. The van der Waals surface area contributed by atoms with Crippen molar-refractivity contribution in [3.05, 3.63) is 34.1 Å². The summed E-state index contributed by atoms with van der Waals surface area (Å²) >= 11 is 3.36. The largest absolute Gasteiger partial charge is 0.317 e. The van der Waals surface area contributed by atoms with E-state index in [2.05, 4.69) is 35.1 Å². The number of hydrogen-bond acceptors (Lipinski definition) is 1. The Kier molecular flexibility index (Phi) is 5.26. The summed E-state index contributed by atoms with van der Waals surface area (Å²) in [6.07, 6.45) is 0.960. The molecule has 0 radical (unpaired) electrons. The van der Waals surface area contributed by atoms with Crippen LogP contribution in [0.5, 0.6) is 0 Å². The van der Waals surface area contributed by atoms with Crippen LogP contribution in [0.3, 0.4) is 0 Å². The lowest BCUT2D eigenvalue weighted by atomic mass is 9.97. The molecule has 1 N–H and O–H groups in total. The second-order valence-electron chi connectivity index (χ2n) is 3.71. The zero-order valence-electron chi connectivity index (χ0n) is 9.19. The molecule has 1 aromatic carbocycles. The van der Waals surface area contributed by atoms with Crippen molar-refractivity contribution in [2.24, 2.45) is 0 Å². The Morgan fingerprint density at radius 2 is 2.20 bits per heavy atom. The normalized spacial score (nSPS) is 12.8. The molecular formula is C12H17BrFN. The lowest BCUT2D eigenvalue weighted by Gasteiger charge is -2.13. The number of nitrogens with one attached hydrogen (secondary N) is 1. The highest BCUT2D eigenvalue weighted by Gasteiger charge is 2.10. The molecule has 15 heavy (non-hydrogen) atoms. The van der Waals surface area contributed by atoms with Crippen molar-refractivity contribution >= 4 is 15.9 Å². The topological polar surface area (TPSA) is 12.0 Å². The fourth-order valence-electron chi connectivity index (χ4n) is 1.54. The Morgan fingerprint density at radius 3 is 2.87 bits per heavy atom. The Bertz CT molecular complexity index is 314. The molecule has 0 saturated carbocycles. The summed E-state index contributed by atoms with van der Waals surface area (Å²) in [6, 6.07) is 5.12. The molecule has 3 heteroatoms. The van der Waals surface area contributed by atoms with Crippen LogP contribution < -0.4 is 5.32 Å². The van der Waals surface area contributed by atoms with Gasteiger partial charge in [0.1, 0.15) is 5.82 Å². The van der Waals surface area contributed by atoms with Crippen LogP contribution in [-0.4, -0.2) is 13.1 Å². The molecule has 0 aliphatic rings. The van der Waals surface area contributed by atoms with Gasteiger partial charge < -0.3 is 5.32 Å². The van der Waals surface area contributed by atoms with Crippen molar-refractivity contribution in [3.63, 3.8) is 0 Å². The first-order chi connectivity index (χ1) is 7.15. The molecule has 0 spiro atoms. The van der Waals surface area contributed by atoms with Crippen LogP contribution >= 0.6 is 15.9 Å². The van der Waals surface area contributed by atoms with Gasteiger partial charge in [0.15, 0.2) is 0 Å². The van der Waals surface area contributed by atoms with E-state index in [4.69, 9.17) is 0 Å². The number of rotatable bonds is 5. The molecule has 1 aromatic rings. The molecule has 0 aromatic heterocycles. The predicted molar refractivity (Wildman–Crippen MR) is 65.7 cm³/mol. The molecule has 1 nitrogen and oxygen atoms in total. The maximum Gasteiger partial charge on any atom is 0.126 e. The van der Waals surface area contributed by atoms with Gasteiger partial charge in [-0.2, -0.15) is 0 Å². The molecule has 0 bridgehead atoms. The average molecular weight is 274 g/mol. The fraction of sp³-hybridized carbons (Fsp3) is 0.500. The summed E-state index contributed by atoms with van der Waals surface area (Å²) < 4.78 is 14.4. The van der Waals surface area contributed by atoms with Gasteiger partial charge in [-0.15, -0.1) is 0 Å². The summed E-state index contributed by atoms with van der Waals surface area (Å²) in [5, 5.41) is 3.25. The van der Waals surface area contributed by atoms with Crippen molar-refractivity contribution in [2.75, 3.05) is 13.1 Å². The van der Waals surface area contributed by atoms with Gasteiger partial charge in [0.25, 0.3) is 0 Å². The van der Waals surface area contributed by atoms with E-state index in [0.29, 0.717) is 0 Å². The summed E-state index contributed by atoms with van der Waals surface area (Å²) in [6.45, 7) is 6.03. The highest BCUT2D eigenvalue weighted by Crippen LogP contribution is 2.24. The molecule has 1 rings (SSSR count). The third-order valence-corrected chi connectivity index (χ3v) is 2.99. The van der Waals surface area contributed by atoms with E-state index in [-0.39, 0.29) is 11.7 Å². The van der Waals surface area contributed by atoms with Gasteiger partial charge >= 0.3 is 0 Å². The number of hydrogen-bond donors (Lipinski definition) is 1. The summed E-state index contributed by atoms with van der Waals surface area (Å²) in [7, 11) is 0. The maximum absolute atomic E-state index is 13.5. The number of benzene rings is 1. The monoisotopic (exact) mass is 273 g/mol.